The fourth-order valence-corrected chi connectivity index (χ4v) is 14.8. The van der Waals surface area contributed by atoms with Crippen molar-refractivity contribution in [3.05, 3.63) is 94.5 Å². The molecule has 0 heterocycles. The molecule has 0 bridgehead atoms. The van der Waals surface area contributed by atoms with Crippen LogP contribution in [-0.2, 0) is 10.8 Å². The van der Waals surface area contributed by atoms with Crippen LogP contribution in [0.4, 0.5) is 0 Å². The molecule has 0 atom stereocenters. The average Bonchev–Trinajstić information content (AvgIpc) is 3.94. The Morgan fingerprint density at radius 1 is 0.235 bits per heavy atom. The lowest BCUT2D eigenvalue weighted by Gasteiger charge is -2.31. The normalized spacial score (nSPS) is 14.1. The number of hydrogen-bond donors (Lipinski definition) is 0. The zero-order valence-electron chi connectivity index (χ0n) is 45.2. The highest BCUT2D eigenvalue weighted by atomic mass is 14.4. The van der Waals surface area contributed by atoms with E-state index < -0.39 is 10.8 Å². The topological polar surface area (TPSA) is 0 Å². The van der Waals surface area contributed by atoms with Crippen molar-refractivity contribution in [2.45, 2.75) is 45.4 Å². The molecule has 0 saturated heterocycles. The van der Waals surface area contributed by atoms with Gasteiger partial charge in [0.25, 0.3) is 0 Å². The molecule has 0 fully saturated rings. The molecule has 14 rings (SSSR count). The number of fused-ring (bicyclic) bond motifs is 6. The van der Waals surface area contributed by atoms with Gasteiger partial charge < -0.3 is 0 Å². The van der Waals surface area contributed by atoms with Gasteiger partial charge in [-0.15, -0.1) is 10.9 Å². The lowest BCUT2D eigenvalue weighted by Crippen LogP contribution is -2.48. The van der Waals surface area contributed by atoms with E-state index in [0.29, 0.717) is 75.8 Å². The molecule has 0 N–H and O–H groups in total. The highest BCUT2D eigenvalue weighted by Crippen LogP contribution is 2.55. The van der Waals surface area contributed by atoms with Crippen LogP contribution in [0.5, 0.6) is 0 Å². The summed E-state index contributed by atoms with van der Waals surface area (Å²) in [4.78, 5) is 0. The van der Waals surface area contributed by atoms with Crippen molar-refractivity contribution in [2.75, 3.05) is 0 Å². The van der Waals surface area contributed by atoms with Crippen LogP contribution in [0.15, 0.2) is 66.7 Å². The van der Waals surface area contributed by atoms with Crippen LogP contribution in [0.1, 0.15) is 55.5 Å². The van der Waals surface area contributed by atoms with Gasteiger partial charge in [-0.3, -0.25) is 0 Å². The first kappa shape index (κ1) is 52.9. The molecule has 12 aromatic carbocycles. The van der Waals surface area contributed by atoms with Crippen molar-refractivity contribution in [3.8, 4) is 55.6 Å². The van der Waals surface area contributed by atoms with Gasteiger partial charge in [0.2, 0.25) is 0 Å². The van der Waals surface area contributed by atoms with Crippen LogP contribution in [0.2, 0.25) is 0 Å². The van der Waals surface area contributed by atoms with Gasteiger partial charge in [-0.05, 0) is 173 Å². The quantitative estimate of drug-likeness (QED) is 0.125. The molecule has 0 aromatic heterocycles. The minimum Gasteiger partial charge on any atom is -0.109 e. The standard InChI is InChI=1S/C63H26B18/c1-17-21(30-36-32-34-40(51(71)47(36)67)57(77)61(81)59(79)42(34)55(75)53(73)38(32)49(69)45(30)65)12-13-25-24-10-7-19(15-28(24)63(4,5)43(17)25)18-6-9-22-23-11-8-20(16-27(23)62(2,3)26(22)14-18)29-35-31-33-39(50(70)46(35)66)56(76)60(80)58(78)41(33)54(74)52(72)37(31)48(68)44(29)64/h6-16H,1-5H3. The minimum atomic E-state index is -0.479. The van der Waals surface area contributed by atoms with Crippen LogP contribution in [0.25, 0.3) is 120 Å². The van der Waals surface area contributed by atoms with E-state index in [1.165, 1.54) is 5.56 Å². The van der Waals surface area contributed by atoms with E-state index in [0.717, 1.165) is 66.8 Å². The fraction of sp³-hybridized carbons (Fsp3) is 0.111. The Morgan fingerprint density at radius 2 is 0.494 bits per heavy atom. The van der Waals surface area contributed by atoms with Gasteiger partial charge in [-0.2, -0.15) is 0 Å². The lowest BCUT2D eigenvalue weighted by molar-refractivity contribution is 0.656. The molecular formula is C63H26B18. The Labute approximate surface area is 496 Å². The lowest BCUT2D eigenvalue weighted by atomic mass is 9.58. The van der Waals surface area contributed by atoms with Gasteiger partial charge >= 0.3 is 0 Å². The Morgan fingerprint density at radius 3 is 0.901 bits per heavy atom. The maximum absolute atomic E-state index is 7.14. The third-order valence-corrected chi connectivity index (χ3v) is 18.9. The van der Waals surface area contributed by atoms with E-state index in [-0.39, 0.29) is 98.3 Å². The second-order valence-electron chi connectivity index (χ2n) is 23.4. The molecule has 2 aliphatic carbocycles. The van der Waals surface area contributed by atoms with Gasteiger partial charge in [0.1, 0.15) is 141 Å². The first-order chi connectivity index (χ1) is 38.2. The van der Waals surface area contributed by atoms with Crippen LogP contribution < -0.4 is 98.3 Å². The van der Waals surface area contributed by atoms with E-state index in [2.05, 4.69) is 95.3 Å². The van der Waals surface area contributed by atoms with Crippen LogP contribution >= 0.6 is 0 Å². The third kappa shape index (κ3) is 6.32. The van der Waals surface area contributed by atoms with Crippen molar-refractivity contribution in [3.63, 3.8) is 0 Å². The number of benzene rings is 12. The fourth-order valence-electron chi connectivity index (χ4n) is 14.8. The summed E-state index contributed by atoms with van der Waals surface area (Å²) in [5, 5.41) is 6.00. The van der Waals surface area contributed by atoms with E-state index >= 15 is 0 Å². The highest BCUT2D eigenvalue weighted by Gasteiger charge is 2.40. The molecule has 332 valence electrons. The van der Waals surface area contributed by atoms with Gasteiger partial charge in [-0.1, -0.05) is 164 Å². The van der Waals surface area contributed by atoms with Gasteiger partial charge in [0, 0.05) is 10.8 Å². The molecule has 0 unspecified atom stereocenters. The van der Waals surface area contributed by atoms with E-state index in [4.69, 9.17) is 141 Å². The first-order valence-electron chi connectivity index (χ1n) is 26.3. The maximum Gasteiger partial charge on any atom is 0.113 e. The van der Waals surface area contributed by atoms with Crippen LogP contribution in [0, 0.1) is 6.92 Å². The predicted molar refractivity (Wildman–Crippen MR) is 367 cm³/mol. The third-order valence-electron chi connectivity index (χ3n) is 18.9. The second-order valence-corrected chi connectivity index (χ2v) is 23.4. The summed E-state index contributed by atoms with van der Waals surface area (Å²) in [5.74, 6) is 0. The van der Waals surface area contributed by atoms with Gasteiger partial charge in [0.05, 0.1) is 0 Å². The summed E-state index contributed by atoms with van der Waals surface area (Å²) in [7, 11) is 123. The molecule has 18 heteroatoms. The molecule has 81 heavy (non-hydrogen) atoms. The Kier molecular flexibility index (Phi) is 11.1. The monoisotopic (exact) mass is 980 g/mol. The zero-order valence-corrected chi connectivity index (χ0v) is 45.2. The van der Waals surface area contributed by atoms with Crippen molar-refractivity contribution in [1.82, 2.24) is 0 Å². The summed E-state index contributed by atoms with van der Waals surface area (Å²) in [6.07, 6.45) is 0. The van der Waals surface area contributed by atoms with E-state index in [1.807, 2.05) is 6.07 Å². The molecular weight excluding hydrogens is 951 g/mol. The SMILES string of the molecule is [B]c1c([B])c2c([B])c([B])c3c([B])c([B])c(-c4ccc5c(c4)C(C)(C)c4cc(-c6ccc7c(c6)C(C)(C)c6c-7ccc(-c7c([B])c([B])c8c([B])c([B])c9c([B])c([B])c([B])c%10c([B])c([B])c7c8c9%10)c6C)ccc4-5)c4c([B])c([B])c(c1[B])c2c34. The predicted octanol–water partition coefficient (Wildman–Crippen LogP) is -4.31. The van der Waals surface area contributed by atoms with E-state index in [1.54, 1.807) is 0 Å². The van der Waals surface area contributed by atoms with Crippen LogP contribution in [-0.4, -0.2) is 141 Å². The first-order valence-corrected chi connectivity index (χ1v) is 26.3. The summed E-state index contributed by atoms with van der Waals surface area (Å²) >= 11 is 0. The zero-order chi connectivity index (χ0) is 57.8. The summed E-state index contributed by atoms with van der Waals surface area (Å²) in [5.41, 5.74) is 17.7. The molecule has 0 amide bonds. The second kappa shape index (κ2) is 17.0. The Bertz CT molecular complexity index is 4980. The number of rotatable bonds is 3. The highest BCUT2D eigenvalue weighted by molar-refractivity contribution is 6.77. The molecule has 0 spiro atoms. The molecule has 0 nitrogen and oxygen atoms in total. The van der Waals surface area contributed by atoms with Crippen molar-refractivity contribution in [2.24, 2.45) is 0 Å². The van der Waals surface area contributed by atoms with Gasteiger partial charge in [-0.25, -0.2) is 0 Å². The number of hydrogen-bond acceptors (Lipinski definition) is 0. The Hall–Kier alpha value is -6.11. The molecule has 0 aliphatic heterocycles. The molecule has 12 aromatic rings. The Balaban J connectivity index is 0.880. The van der Waals surface area contributed by atoms with Gasteiger partial charge in [0.15, 0.2) is 0 Å². The summed E-state index contributed by atoms with van der Waals surface area (Å²) in [6.45, 7) is 11.1. The maximum atomic E-state index is 7.14. The summed E-state index contributed by atoms with van der Waals surface area (Å²) in [6, 6.07) is 24.0. The minimum absolute atomic E-state index is 0.128. The molecule has 2 aliphatic rings. The van der Waals surface area contributed by atoms with Crippen molar-refractivity contribution < 1.29 is 0 Å². The average molecular weight is 978 g/mol. The summed E-state index contributed by atoms with van der Waals surface area (Å²) < 4.78 is 0. The van der Waals surface area contributed by atoms with E-state index in [9.17, 15) is 0 Å². The van der Waals surface area contributed by atoms with Crippen molar-refractivity contribution in [1.29, 1.82) is 0 Å². The molecule has 36 radical (unpaired) electrons. The molecule has 0 saturated carbocycles. The van der Waals surface area contributed by atoms with Crippen molar-refractivity contribution >= 4 is 304 Å². The van der Waals surface area contributed by atoms with Crippen LogP contribution in [0.3, 0.4) is 0 Å². The largest absolute Gasteiger partial charge is 0.113 e. The smallest absolute Gasteiger partial charge is 0.109 e.